The molecule has 17 heavy (non-hydrogen) atoms. The maximum absolute atomic E-state index is 6.56. The molecule has 0 N–H and O–H groups in total. The molecule has 1 fully saturated rings. The molecule has 0 saturated heterocycles. The number of hydrogen-bond acceptors (Lipinski definition) is 2. The van der Waals surface area contributed by atoms with E-state index in [0.29, 0.717) is 0 Å². The fraction of sp³-hybridized carbons (Fsp3) is 0.857. The summed E-state index contributed by atoms with van der Waals surface area (Å²) < 4.78 is 12.5. The van der Waals surface area contributed by atoms with Crippen LogP contribution in [-0.2, 0) is 9.16 Å². The molecule has 98 valence electrons. The Kier molecular flexibility index (Phi) is 3.30. The normalized spacial score (nSPS) is 33.8. The van der Waals surface area contributed by atoms with Gasteiger partial charge in [0.05, 0.1) is 12.7 Å². The summed E-state index contributed by atoms with van der Waals surface area (Å²) in [4.78, 5) is 0. The fourth-order valence-electron chi connectivity index (χ4n) is 2.51. The van der Waals surface area contributed by atoms with E-state index in [1.165, 1.54) is 6.42 Å². The molecule has 0 unspecified atom stereocenters. The average molecular weight is 254 g/mol. The van der Waals surface area contributed by atoms with E-state index in [-0.39, 0.29) is 16.7 Å². The van der Waals surface area contributed by atoms with Gasteiger partial charge in [0.2, 0.25) is 0 Å². The van der Waals surface area contributed by atoms with Gasteiger partial charge >= 0.3 is 0 Å². The first-order valence-corrected chi connectivity index (χ1v) is 9.67. The summed E-state index contributed by atoms with van der Waals surface area (Å²) >= 11 is 0. The third-order valence-electron chi connectivity index (χ3n) is 4.67. The molecule has 1 heterocycles. The molecular formula is C14H26O2Si. The SMILES string of the molecule is CC(C)(C)[Si](C)(C)O[C@@H]1CCC[C@]12C=CCO2. The van der Waals surface area contributed by atoms with Gasteiger partial charge in [0.25, 0.3) is 0 Å². The Morgan fingerprint density at radius 2 is 2.06 bits per heavy atom. The zero-order chi connectivity index (χ0) is 12.7. The molecule has 1 aliphatic carbocycles. The Labute approximate surface area is 107 Å². The molecule has 2 rings (SSSR count). The standard InChI is InChI=1S/C14H26O2Si/c1-13(2,3)17(4,5)16-12-8-6-9-14(12)10-7-11-15-14/h7,10,12H,6,8-9,11H2,1-5H3/t12-,14+/m1/s1. The predicted molar refractivity (Wildman–Crippen MR) is 73.7 cm³/mol. The van der Waals surface area contributed by atoms with E-state index < -0.39 is 8.32 Å². The van der Waals surface area contributed by atoms with Gasteiger partial charge in [-0.05, 0) is 37.4 Å². The lowest BCUT2D eigenvalue weighted by Crippen LogP contribution is -2.49. The van der Waals surface area contributed by atoms with Crippen molar-refractivity contribution in [1.82, 2.24) is 0 Å². The van der Waals surface area contributed by atoms with Crippen LogP contribution in [0.15, 0.2) is 12.2 Å². The Balaban J connectivity index is 2.11. The van der Waals surface area contributed by atoms with Gasteiger partial charge in [-0.2, -0.15) is 0 Å². The van der Waals surface area contributed by atoms with E-state index in [1.54, 1.807) is 0 Å². The molecule has 0 amide bonds. The van der Waals surface area contributed by atoms with Gasteiger partial charge in [-0.1, -0.05) is 32.9 Å². The minimum Gasteiger partial charge on any atom is -0.411 e. The van der Waals surface area contributed by atoms with Crippen molar-refractivity contribution in [2.75, 3.05) is 6.61 Å². The molecule has 0 radical (unpaired) electrons. The molecule has 2 nitrogen and oxygen atoms in total. The highest BCUT2D eigenvalue weighted by Gasteiger charge is 2.49. The molecule has 0 aromatic heterocycles. The zero-order valence-corrected chi connectivity index (χ0v) is 12.9. The second-order valence-corrected chi connectivity index (χ2v) is 11.7. The van der Waals surface area contributed by atoms with Crippen molar-refractivity contribution < 1.29 is 9.16 Å². The van der Waals surface area contributed by atoms with Crippen molar-refractivity contribution in [2.24, 2.45) is 0 Å². The second kappa shape index (κ2) is 4.21. The summed E-state index contributed by atoms with van der Waals surface area (Å²) in [5, 5.41) is 0.277. The summed E-state index contributed by atoms with van der Waals surface area (Å²) in [6.07, 6.45) is 8.18. The van der Waals surface area contributed by atoms with Crippen molar-refractivity contribution in [3.05, 3.63) is 12.2 Å². The van der Waals surface area contributed by atoms with E-state index in [0.717, 1.165) is 19.4 Å². The molecule has 0 bridgehead atoms. The average Bonchev–Trinajstić information content (AvgIpc) is 2.77. The highest BCUT2D eigenvalue weighted by Crippen LogP contribution is 2.44. The maximum Gasteiger partial charge on any atom is 0.192 e. The lowest BCUT2D eigenvalue weighted by Gasteiger charge is -2.42. The summed E-state index contributed by atoms with van der Waals surface area (Å²) in [5.74, 6) is 0. The van der Waals surface area contributed by atoms with Gasteiger partial charge in [0, 0.05) is 0 Å². The van der Waals surface area contributed by atoms with E-state index in [2.05, 4.69) is 46.0 Å². The molecule has 3 heteroatoms. The minimum atomic E-state index is -1.68. The van der Waals surface area contributed by atoms with Crippen molar-refractivity contribution in [1.29, 1.82) is 0 Å². The minimum absolute atomic E-state index is 0.0878. The van der Waals surface area contributed by atoms with Gasteiger partial charge in [-0.15, -0.1) is 0 Å². The van der Waals surface area contributed by atoms with Crippen LogP contribution < -0.4 is 0 Å². The Morgan fingerprint density at radius 3 is 2.59 bits per heavy atom. The van der Waals surface area contributed by atoms with Crippen molar-refractivity contribution in [3.8, 4) is 0 Å². The van der Waals surface area contributed by atoms with E-state index in [4.69, 9.17) is 9.16 Å². The number of ether oxygens (including phenoxy) is 1. The maximum atomic E-state index is 6.56. The highest BCUT2D eigenvalue weighted by molar-refractivity contribution is 6.74. The first kappa shape index (κ1) is 13.3. The Morgan fingerprint density at radius 1 is 1.35 bits per heavy atom. The van der Waals surface area contributed by atoms with Crippen LogP contribution in [0.1, 0.15) is 40.0 Å². The topological polar surface area (TPSA) is 18.5 Å². The second-order valence-electron chi connectivity index (χ2n) is 6.93. The van der Waals surface area contributed by atoms with Crippen LogP contribution in [0, 0.1) is 0 Å². The number of hydrogen-bond donors (Lipinski definition) is 0. The van der Waals surface area contributed by atoms with Crippen LogP contribution in [0.3, 0.4) is 0 Å². The first-order valence-electron chi connectivity index (χ1n) is 6.76. The van der Waals surface area contributed by atoms with Crippen molar-refractivity contribution in [2.45, 2.75) is 69.9 Å². The fourth-order valence-corrected chi connectivity index (χ4v) is 3.90. The predicted octanol–water partition coefficient (Wildman–Crippen LogP) is 3.89. The zero-order valence-electron chi connectivity index (χ0n) is 11.9. The number of rotatable bonds is 2. The molecule has 1 spiro atoms. The van der Waals surface area contributed by atoms with Gasteiger partial charge in [-0.25, -0.2) is 0 Å². The Hall–Kier alpha value is -0.123. The van der Waals surface area contributed by atoms with Crippen LogP contribution in [0.2, 0.25) is 18.1 Å². The van der Waals surface area contributed by atoms with E-state index in [1.807, 2.05) is 0 Å². The summed E-state index contributed by atoms with van der Waals surface area (Å²) in [5.41, 5.74) is -0.0878. The van der Waals surface area contributed by atoms with Crippen LogP contribution >= 0.6 is 0 Å². The molecule has 2 atom stereocenters. The molecule has 2 aliphatic rings. The third kappa shape index (κ3) is 2.38. The van der Waals surface area contributed by atoms with E-state index in [9.17, 15) is 0 Å². The monoisotopic (exact) mass is 254 g/mol. The van der Waals surface area contributed by atoms with Crippen LogP contribution in [0.5, 0.6) is 0 Å². The summed E-state index contributed by atoms with van der Waals surface area (Å²) in [7, 11) is -1.68. The molecule has 0 aromatic rings. The lowest BCUT2D eigenvalue weighted by molar-refractivity contribution is -0.0447. The van der Waals surface area contributed by atoms with Gasteiger partial charge in [-0.3, -0.25) is 0 Å². The lowest BCUT2D eigenvalue weighted by atomic mass is 10.0. The summed E-state index contributed by atoms with van der Waals surface area (Å²) in [6, 6.07) is 0. The van der Waals surface area contributed by atoms with Crippen molar-refractivity contribution in [3.63, 3.8) is 0 Å². The van der Waals surface area contributed by atoms with Gasteiger partial charge in [0.15, 0.2) is 8.32 Å². The van der Waals surface area contributed by atoms with Gasteiger partial charge < -0.3 is 9.16 Å². The molecule has 1 saturated carbocycles. The quantitative estimate of drug-likeness (QED) is 0.550. The van der Waals surface area contributed by atoms with Gasteiger partial charge in [0.1, 0.15) is 5.60 Å². The van der Waals surface area contributed by atoms with Crippen LogP contribution in [-0.4, -0.2) is 26.6 Å². The van der Waals surface area contributed by atoms with E-state index >= 15 is 0 Å². The smallest absolute Gasteiger partial charge is 0.192 e. The first-order chi connectivity index (χ1) is 7.77. The largest absolute Gasteiger partial charge is 0.411 e. The summed E-state index contributed by atoms with van der Waals surface area (Å²) in [6.45, 7) is 12.3. The Bertz CT molecular complexity index is 317. The molecule has 1 aliphatic heterocycles. The van der Waals surface area contributed by atoms with Crippen LogP contribution in [0.4, 0.5) is 0 Å². The highest BCUT2D eigenvalue weighted by atomic mass is 28.4. The molecule has 0 aromatic carbocycles. The van der Waals surface area contributed by atoms with Crippen molar-refractivity contribution >= 4 is 8.32 Å². The third-order valence-corrected chi connectivity index (χ3v) is 9.16. The molecular weight excluding hydrogens is 228 g/mol. The van der Waals surface area contributed by atoms with Crippen LogP contribution in [0.25, 0.3) is 0 Å².